The molecule has 0 aromatic heterocycles. The first-order valence-corrected chi connectivity index (χ1v) is 7.42. The minimum Gasteiger partial charge on any atom is -0.492 e. The molecule has 2 rings (SSSR count). The van der Waals surface area contributed by atoms with Crippen LogP contribution in [0.25, 0.3) is 0 Å². The van der Waals surface area contributed by atoms with Gasteiger partial charge in [0.15, 0.2) is 0 Å². The zero-order chi connectivity index (χ0) is 13.7. The minimum atomic E-state index is 0. The zero-order valence-corrected chi connectivity index (χ0v) is 13.8. The predicted octanol–water partition coefficient (Wildman–Crippen LogP) is 3.34. The van der Waals surface area contributed by atoms with E-state index in [1.165, 1.54) is 18.4 Å². The van der Waals surface area contributed by atoms with Crippen LogP contribution in [0.4, 0.5) is 0 Å². The van der Waals surface area contributed by atoms with Crippen molar-refractivity contribution in [2.45, 2.75) is 32.4 Å². The molecule has 20 heavy (non-hydrogen) atoms. The number of nitrogens with one attached hydrogen (secondary N) is 1. The maximum Gasteiger partial charge on any atom is 0.142 e. The Kier molecular flexibility index (Phi) is 7.67. The monoisotopic (exact) mass is 318 g/mol. The van der Waals surface area contributed by atoms with E-state index in [9.17, 15) is 0 Å². The molecule has 0 aliphatic carbocycles. The van der Waals surface area contributed by atoms with Crippen molar-refractivity contribution in [1.29, 1.82) is 0 Å². The second kappa shape index (κ2) is 8.73. The van der Waals surface area contributed by atoms with Crippen LogP contribution in [0.15, 0.2) is 18.2 Å². The Morgan fingerprint density at radius 1 is 1.35 bits per heavy atom. The van der Waals surface area contributed by atoms with Crippen LogP contribution in [0.5, 0.6) is 5.75 Å². The maximum absolute atomic E-state index is 6.22. The van der Waals surface area contributed by atoms with Crippen LogP contribution in [0.3, 0.4) is 0 Å². The Balaban J connectivity index is 0.00000200. The molecule has 0 unspecified atom stereocenters. The average molecular weight is 319 g/mol. The predicted molar refractivity (Wildman–Crippen MR) is 87.2 cm³/mol. The largest absolute Gasteiger partial charge is 0.492 e. The average Bonchev–Trinajstić information content (AvgIpc) is 2.43. The van der Waals surface area contributed by atoms with Gasteiger partial charge in [0.25, 0.3) is 0 Å². The Bertz CT molecular complexity index is 407. The Hall–Kier alpha value is -0.480. The van der Waals surface area contributed by atoms with E-state index < -0.39 is 0 Å². The lowest BCUT2D eigenvalue weighted by molar-refractivity contribution is 0.192. The molecular formula is C15H24Cl2N2O. The summed E-state index contributed by atoms with van der Waals surface area (Å²) in [6.45, 7) is 5.82. The smallest absolute Gasteiger partial charge is 0.142 e. The topological polar surface area (TPSA) is 24.5 Å². The first-order valence-electron chi connectivity index (χ1n) is 7.04. The van der Waals surface area contributed by atoms with Crippen molar-refractivity contribution in [3.8, 4) is 5.75 Å². The van der Waals surface area contributed by atoms with Crippen LogP contribution in [-0.2, 0) is 6.54 Å². The Labute approximate surface area is 133 Å². The van der Waals surface area contributed by atoms with Crippen molar-refractivity contribution in [2.24, 2.45) is 0 Å². The third kappa shape index (κ3) is 4.52. The number of hydrogen-bond acceptors (Lipinski definition) is 3. The van der Waals surface area contributed by atoms with E-state index in [0.29, 0.717) is 17.7 Å². The highest BCUT2D eigenvalue weighted by atomic mass is 35.5. The number of likely N-dealkylation sites (tertiary alicyclic amines) is 1. The lowest BCUT2D eigenvalue weighted by Gasteiger charge is -2.32. The Morgan fingerprint density at radius 3 is 2.65 bits per heavy atom. The van der Waals surface area contributed by atoms with Gasteiger partial charge in [-0.05, 0) is 46.0 Å². The first kappa shape index (κ1) is 17.6. The van der Waals surface area contributed by atoms with Gasteiger partial charge in [0.05, 0.1) is 11.6 Å². The standard InChI is InChI=1S/C15H23ClN2O.ClH/c1-3-19-15-12(5-4-6-14(15)16)11-18-9-7-13(17-2)8-10-18;/h4-6,13,17H,3,7-11H2,1-2H3;1H. The SMILES string of the molecule is CCOc1c(Cl)cccc1CN1CCC(NC)CC1.Cl. The van der Waals surface area contributed by atoms with Crippen LogP contribution in [-0.4, -0.2) is 37.7 Å². The van der Waals surface area contributed by atoms with Gasteiger partial charge >= 0.3 is 0 Å². The van der Waals surface area contributed by atoms with Crippen LogP contribution in [0, 0.1) is 0 Å². The highest BCUT2D eigenvalue weighted by Gasteiger charge is 2.19. The molecule has 1 aromatic carbocycles. The van der Waals surface area contributed by atoms with Crippen molar-refractivity contribution in [3.63, 3.8) is 0 Å². The zero-order valence-electron chi connectivity index (χ0n) is 12.2. The highest BCUT2D eigenvalue weighted by molar-refractivity contribution is 6.32. The fourth-order valence-electron chi connectivity index (χ4n) is 2.60. The third-order valence-electron chi connectivity index (χ3n) is 3.73. The van der Waals surface area contributed by atoms with E-state index in [-0.39, 0.29) is 12.4 Å². The number of para-hydroxylation sites is 1. The summed E-state index contributed by atoms with van der Waals surface area (Å²) in [6.07, 6.45) is 2.42. The number of rotatable bonds is 5. The van der Waals surface area contributed by atoms with Gasteiger partial charge in [0.1, 0.15) is 5.75 Å². The summed E-state index contributed by atoms with van der Waals surface area (Å²) in [6, 6.07) is 6.67. The highest BCUT2D eigenvalue weighted by Crippen LogP contribution is 2.30. The van der Waals surface area contributed by atoms with Gasteiger partial charge in [-0.1, -0.05) is 23.7 Å². The van der Waals surface area contributed by atoms with Gasteiger partial charge in [-0.15, -0.1) is 12.4 Å². The summed E-state index contributed by atoms with van der Waals surface area (Å²) < 4.78 is 5.68. The molecule has 0 radical (unpaired) electrons. The third-order valence-corrected chi connectivity index (χ3v) is 4.02. The number of piperidine rings is 1. The molecule has 1 N–H and O–H groups in total. The fraction of sp³-hybridized carbons (Fsp3) is 0.600. The van der Waals surface area contributed by atoms with Crippen LogP contribution >= 0.6 is 24.0 Å². The van der Waals surface area contributed by atoms with Gasteiger partial charge < -0.3 is 10.1 Å². The molecule has 5 heteroatoms. The molecule has 0 saturated carbocycles. The van der Waals surface area contributed by atoms with Crippen molar-refractivity contribution < 1.29 is 4.74 Å². The number of benzene rings is 1. The van der Waals surface area contributed by atoms with E-state index in [1.54, 1.807) is 0 Å². The molecule has 0 amide bonds. The summed E-state index contributed by atoms with van der Waals surface area (Å²) in [5.74, 6) is 0.849. The number of halogens is 2. The lowest BCUT2D eigenvalue weighted by Crippen LogP contribution is -2.40. The van der Waals surface area contributed by atoms with Crippen LogP contribution in [0.2, 0.25) is 5.02 Å². The molecule has 1 saturated heterocycles. The summed E-state index contributed by atoms with van der Waals surface area (Å²) in [5, 5.41) is 4.07. The van der Waals surface area contributed by atoms with Gasteiger partial charge in [0.2, 0.25) is 0 Å². The van der Waals surface area contributed by atoms with E-state index in [1.807, 2.05) is 26.1 Å². The first-order chi connectivity index (χ1) is 9.24. The summed E-state index contributed by atoms with van der Waals surface area (Å²) in [7, 11) is 2.05. The van der Waals surface area contributed by atoms with Crippen molar-refractivity contribution >= 4 is 24.0 Å². The minimum absolute atomic E-state index is 0. The van der Waals surface area contributed by atoms with Gasteiger partial charge in [0, 0.05) is 18.2 Å². The molecule has 1 aliphatic heterocycles. The lowest BCUT2D eigenvalue weighted by atomic mass is 10.0. The van der Waals surface area contributed by atoms with E-state index in [2.05, 4.69) is 16.3 Å². The fourth-order valence-corrected chi connectivity index (χ4v) is 2.85. The molecule has 0 spiro atoms. The van der Waals surface area contributed by atoms with E-state index in [4.69, 9.17) is 16.3 Å². The molecule has 0 atom stereocenters. The molecule has 1 heterocycles. The van der Waals surface area contributed by atoms with Crippen molar-refractivity contribution in [2.75, 3.05) is 26.7 Å². The molecule has 1 aliphatic rings. The number of ether oxygens (including phenoxy) is 1. The molecule has 1 fully saturated rings. The summed E-state index contributed by atoms with van der Waals surface area (Å²) >= 11 is 6.22. The molecule has 114 valence electrons. The molecule has 1 aromatic rings. The normalized spacial score (nSPS) is 16.8. The van der Waals surface area contributed by atoms with E-state index >= 15 is 0 Å². The maximum atomic E-state index is 6.22. The second-order valence-electron chi connectivity index (χ2n) is 5.00. The van der Waals surface area contributed by atoms with E-state index in [0.717, 1.165) is 25.4 Å². The number of hydrogen-bond donors (Lipinski definition) is 1. The van der Waals surface area contributed by atoms with Crippen molar-refractivity contribution in [3.05, 3.63) is 28.8 Å². The molecule has 3 nitrogen and oxygen atoms in total. The summed E-state index contributed by atoms with van der Waals surface area (Å²) in [4.78, 5) is 2.47. The Morgan fingerprint density at radius 2 is 2.05 bits per heavy atom. The van der Waals surface area contributed by atoms with Crippen molar-refractivity contribution in [1.82, 2.24) is 10.2 Å². The van der Waals surface area contributed by atoms with Gasteiger partial charge in [-0.2, -0.15) is 0 Å². The van der Waals surface area contributed by atoms with Crippen LogP contribution in [0.1, 0.15) is 25.3 Å². The van der Waals surface area contributed by atoms with Crippen LogP contribution < -0.4 is 10.1 Å². The van der Waals surface area contributed by atoms with Gasteiger partial charge in [-0.25, -0.2) is 0 Å². The molecule has 0 bridgehead atoms. The second-order valence-corrected chi connectivity index (χ2v) is 5.41. The summed E-state index contributed by atoms with van der Waals surface area (Å²) in [5.41, 5.74) is 1.19. The number of nitrogens with zero attached hydrogens (tertiary/aromatic N) is 1. The quantitative estimate of drug-likeness (QED) is 0.901. The molecular weight excluding hydrogens is 295 g/mol. The van der Waals surface area contributed by atoms with Gasteiger partial charge in [-0.3, -0.25) is 4.90 Å².